The van der Waals surface area contributed by atoms with Gasteiger partial charge in [0.2, 0.25) is 5.91 Å². The molecule has 2 aliphatic carbocycles. The smallest absolute Gasteiger partial charge is 0.226 e. The van der Waals surface area contributed by atoms with Crippen LogP contribution in [0.3, 0.4) is 0 Å². The number of nitrogens with zero attached hydrogens (tertiary/aromatic N) is 1. The van der Waals surface area contributed by atoms with Gasteiger partial charge in [-0.3, -0.25) is 4.79 Å². The third-order valence-corrected chi connectivity index (χ3v) is 7.07. The molecule has 0 radical (unpaired) electrons. The Morgan fingerprint density at radius 2 is 1.77 bits per heavy atom. The van der Waals surface area contributed by atoms with Crippen LogP contribution >= 0.6 is 0 Å². The summed E-state index contributed by atoms with van der Waals surface area (Å²) in [4.78, 5) is 14.7. The molecule has 30 heavy (non-hydrogen) atoms. The number of carbonyl (C=O) groups excluding carboxylic acids is 1. The van der Waals surface area contributed by atoms with E-state index in [2.05, 4.69) is 72.6 Å². The van der Waals surface area contributed by atoms with Crippen molar-refractivity contribution < 1.29 is 9.53 Å². The highest BCUT2D eigenvalue weighted by atomic mass is 16.5. The lowest BCUT2D eigenvalue weighted by Crippen LogP contribution is -2.45. The Morgan fingerprint density at radius 3 is 2.37 bits per heavy atom. The molecule has 1 atom stereocenters. The Hall–Kier alpha value is -2.49. The van der Waals surface area contributed by atoms with Crippen molar-refractivity contribution in [2.45, 2.75) is 51.5 Å². The largest absolute Gasteiger partial charge is 0.493 e. The summed E-state index contributed by atoms with van der Waals surface area (Å²) >= 11 is 0. The highest BCUT2D eigenvalue weighted by molar-refractivity contribution is 5.85. The fourth-order valence-electron chi connectivity index (χ4n) is 4.08. The van der Waals surface area contributed by atoms with Gasteiger partial charge >= 0.3 is 0 Å². The number of rotatable bonds is 8. The van der Waals surface area contributed by atoms with Crippen molar-refractivity contribution in [3.8, 4) is 5.75 Å². The second kappa shape index (κ2) is 7.64. The quantitative estimate of drug-likeness (QED) is 0.669. The van der Waals surface area contributed by atoms with Crippen LogP contribution in [0.15, 0.2) is 48.5 Å². The number of anilines is 1. The number of ether oxygens (including phenoxy) is 1. The van der Waals surface area contributed by atoms with E-state index in [9.17, 15) is 4.79 Å². The average Bonchev–Trinajstić information content (AvgIpc) is 3.64. The van der Waals surface area contributed by atoms with E-state index < -0.39 is 0 Å². The number of amides is 1. The van der Waals surface area contributed by atoms with Crippen molar-refractivity contribution >= 4 is 11.6 Å². The number of hydrogen-bond acceptors (Lipinski definition) is 3. The Labute approximate surface area is 179 Å². The predicted octanol–water partition coefficient (Wildman–Crippen LogP) is 5.06. The topological polar surface area (TPSA) is 41.6 Å². The Balaban J connectivity index is 1.12. The van der Waals surface area contributed by atoms with Gasteiger partial charge in [0.05, 0.1) is 12.6 Å². The lowest BCUT2D eigenvalue weighted by molar-refractivity contribution is -0.126. The molecular formula is C26H32N2O2. The maximum absolute atomic E-state index is 12.3. The van der Waals surface area contributed by atoms with Crippen LogP contribution in [0.2, 0.25) is 0 Å². The summed E-state index contributed by atoms with van der Waals surface area (Å²) in [5, 5.41) is 3.17. The van der Waals surface area contributed by atoms with Crippen LogP contribution in [-0.4, -0.2) is 25.6 Å². The standard InChI is InChI=1S/C26H32N2O2/c1-18(27-25(29)26(2)13-14-26)20-5-7-21(8-6-20)22-15-28(16-22)23-9-11-24(12-10-23)30-17-19-3-4-19/h5-12,18-19,22H,3-4,13-17H2,1-2H3,(H,27,29)/t18-/m0/s1. The summed E-state index contributed by atoms with van der Waals surface area (Å²) < 4.78 is 5.84. The van der Waals surface area contributed by atoms with Crippen LogP contribution in [0.1, 0.15) is 62.6 Å². The Bertz CT molecular complexity index is 892. The lowest BCUT2D eigenvalue weighted by Gasteiger charge is -2.41. The van der Waals surface area contributed by atoms with Crippen LogP contribution in [-0.2, 0) is 4.79 Å². The van der Waals surface area contributed by atoms with Gasteiger partial charge in [-0.15, -0.1) is 0 Å². The molecule has 0 unspecified atom stereocenters. The molecule has 0 aromatic heterocycles. The molecule has 2 saturated carbocycles. The molecule has 1 heterocycles. The van der Waals surface area contributed by atoms with E-state index in [-0.39, 0.29) is 17.4 Å². The molecule has 4 heteroatoms. The zero-order chi connectivity index (χ0) is 20.7. The number of nitrogens with one attached hydrogen (secondary N) is 1. The minimum absolute atomic E-state index is 0.0579. The first-order valence-electron chi connectivity index (χ1n) is 11.4. The summed E-state index contributed by atoms with van der Waals surface area (Å²) in [6.07, 6.45) is 4.67. The summed E-state index contributed by atoms with van der Waals surface area (Å²) in [5.41, 5.74) is 3.71. The first-order chi connectivity index (χ1) is 14.5. The van der Waals surface area contributed by atoms with Gasteiger partial charge in [0.15, 0.2) is 0 Å². The minimum Gasteiger partial charge on any atom is -0.493 e. The van der Waals surface area contributed by atoms with Crippen molar-refractivity contribution in [1.82, 2.24) is 5.32 Å². The van der Waals surface area contributed by atoms with Gasteiger partial charge in [0.1, 0.15) is 5.75 Å². The Kier molecular flexibility index (Phi) is 4.96. The SMILES string of the molecule is C[C@H](NC(=O)C1(C)CC1)c1ccc(C2CN(c3ccc(OCC4CC4)cc3)C2)cc1. The zero-order valence-corrected chi connectivity index (χ0v) is 18.1. The van der Waals surface area contributed by atoms with Crippen LogP contribution in [0.4, 0.5) is 5.69 Å². The van der Waals surface area contributed by atoms with Crippen molar-refractivity contribution in [3.05, 3.63) is 59.7 Å². The normalized spacial score (nSPS) is 20.9. The molecule has 0 spiro atoms. The van der Waals surface area contributed by atoms with Gasteiger partial charge < -0.3 is 15.0 Å². The highest BCUT2D eigenvalue weighted by Gasteiger charge is 2.45. The fourth-order valence-corrected chi connectivity index (χ4v) is 4.08. The molecule has 1 N–H and O–H groups in total. The maximum atomic E-state index is 12.3. The van der Waals surface area contributed by atoms with E-state index >= 15 is 0 Å². The summed E-state index contributed by atoms with van der Waals surface area (Å²) in [6.45, 7) is 7.08. The number of benzene rings is 2. The molecule has 2 aromatic carbocycles. The molecule has 5 rings (SSSR count). The van der Waals surface area contributed by atoms with E-state index in [4.69, 9.17) is 4.74 Å². The molecular weight excluding hydrogens is 372 g/mol. The van der Waals surface area contributed by atoms with E-state index in [1.54, 1.807) is 0 Å². The Morgan fingerprint density at radius 1 is 1.10 bits per heavy atom. The first kappa shape index (κ1) is 19.5. The van der Waals surface area contributed by atoms with Gasteiger partial charge in [0, 0.05) is 30.1 Å². The number of carbonyl (C=O) groups is 1. The monoisotopic (exact) mass is 404 g/mol. The van der Waals surface area contributed by atoms with E-state index in [1.807, 2.05) is 0 Å². The highest BCUT2D eigenvalue weighted by Crippen LogP contribution is 2.45. The lowest BCUT2D eigenvalue weighted by atomic mass is 9.90. The summed E-state index contributed by atoms with van der Waals surface area (Å²) in [6, 6.07) is 17.4. The molecule has 3 fully saturated rings. The van der Waals surface area contributed by atoms with Gasteiger partial charge in [-0.25, -0.2) is 0 Å². The first-order valence-corrected chi connectivity index (χ1v) is 11.4. The fraction of sp³-hybridized carbons (Fsp3) is 0.500. The zero-order valence-electron chi connectivity index (χ0n) is 18.1. The van der Waals surface area contributed by atoms with Gasteiger partial charge in [-0.05, 0) is 73.9 Å². The predicted molar refractivity (Wildman–Crippen MR) is 120 cm³/mol. The van der Waals surface area contributed by atoms with Crippen LogP contribution < -0.4 is 15.0 Å². The van der Waals surface area contributed by atoms with Gasteiger partial charge in [-0.1, -0.05) is 31.2 Å². The third-order valence-electron chi connectivity index (χ3n) is 7.07. The molecule has 0 bridgehead atoms. The van der Waals surface area contributed by atoms with Crippen LogP contribution in [0.5, 0.6) is 5.75 Å². The van der Waals surface area contributed by atoms with Gasteiger partial charge in [-0.2, -0.15) is 0 Å². The van der Waals surface area contributed by atoms with Crippen molar-refractivity contribution in [2.24, 2.45) is 11.3 Å². The van der Waals surface area contributed by atoms with Crippen molar-refractivity contribution in [1.29, 1.82) is 0 Å². The second-order valence-corrected chi connectivity index (χ2v) is 9.77. The van der Waals surface area contributed by atoms with E-state index in [1.165, 1.54) is 29.7 Å². The molecule has 158 valence electrons. The van der Waals surface area contributed by atoms with Crippen LogP contribution in [0, 0.1) is 11.3 Å². The van der Waals surface area contributed by atoms with Crippen molar-refractivity contribution in [2.75, 3.05) is 24.6 Å². The average molecular weight is 405 g/mol. The molecule has 1 saturated heterocycles. The maximum Gasteiger partial charge on any atom is 0.226 e. The summed E-state index contributed by atoms with van der Waals surface area (Å²) in [5.74, 6) is 2.53. The van der Waals surface area contributed by atoms with Gasteiger partial charge in [0.25, 0.3) is 0 Å². The third kappa shape index (κ3) is 4.19. The second-order valence-electron chi connectivity index (χ2n) is 9.77. The van der Waals surface area contributed by atoms with Crippen molar-refractivity contribution in [3.63, 3.8) is 0 Å². The molecule has 4 nitrogen and oxygen atoms in total. The number of hydrogen-bond donors (Lipinski definition) is 1. The van der Waals surface area contributed by atoms with E-state index in [0.29, 0.717) is 5.92 Å². The van der Waals surface area contributed by atoms with Crippen LogP contribution in [0.25, 0.3) is 0 Å². The van der Waals surface area contributed by atoms with E-state index in [0.717, 1.165) is 44.2 Å². The molecule has 3 aliphatic rings. The molecule has 2 aromatic rings. The molecule has 1 aliphatic heterocycles. The summed E-state index contributed by atoms with van der Waals surface area (Å²) in [7, 11) is 0. The molecule has 1 amide bonds. The minimum atomic E-state index is -0.120.